The van der Waals surface area contributed by atoms with Crippen LogP contribution in [0.1, 0.15) is 17.9 Å². The number of para-hydroxylation sites is 1. The summed E-state index contributed by atoms with van der Waals surface area (Å²) in [6.07, 6.45) is 3.19. The van der Waals surface area contributed by atoms with Crippen molar-refractivity contribution in [3.05, 3.63) is 42.1 Å². The average Bonchev–Trinajstić information content (AvgIpc) is 3.07. The first-order chi connectivity index (χ1) is 7.40. The minimum absolute atomic E-state index is 0.725. The molecule has 76 valence electrons. The van der Waals surface area contributed by atoms with Crippen molar-refractivity contribution in [1.82, 2.24) is 4.98 Å². The molecule has 2 heteroatoms. The van der Waals surface area contributed by atoms with Gasteiger partial charge in [0.25, 0.3) is 0 Å². The Hall–Kier alpha value is -0.890. The van der Waals surface area contributed by atoms with Crippen molar-refractivity contribution in [2.45, 2.75) is 12.3 Å². The Balaban J connectivity index is 2.11. The molecule has 1 fully saturated rings. The third-order valence-electron chi connectivity index (χ3n) is 3.18. The fourth-order valence-corrected chi connectivity index (χ4v) is 2.94. The number of benzene rings is 1. The van der Waals surface area contributed by atoms with Crippen molar-refractivity contribution in [3.8, 4) is 0 Å². The van der Waals surface area contributed by atoms with Crippen LogP contribution in [0.2, 0.25) is 0 Å². The molecule has 1 saturated carbocycles. The Morgan fingerprint density at radius 2 is 2.13 bits per heavy atom. The van der Waals surface area contributed by atoms with Gasteiger partial charge in [0.1, 0.15) is 0 Å². The van der Waals surface area contributed by atoms with Gasteiger partial charge in [-0.3, -0.25) is 4.98 Å². The lowest BCUT2D eigenvalue weighted by Gasteiger charge is -2.03. The molecule has 1 heterocycles. The molecule has 2 aromatic rings. The molecular weight excluding hydrogens is 250 g/mol. The fraction of sp³-hybridized carbons (Fsp3) is 0.308. The van der Waals surface area contributed by atoms with Gasteiger partial charge in [-0.1, -0.05) is 40.2 Å². The third-order valence-corrected chi connectivity index (χ3v) is 4.02. The number of halogens is 1. The van der Waals surface area contributed by atoms with Gasteiger partial charge in [-0.05, 0) is 29.9 Å². The van der Waals surface area contributed by atoms with Crippen LogP contribution in [0.15, 0.2) is 36.5 Å². The van der Waals surface area contributed by atoms with Crippen LogP contribution in [0.3, 0.4) is 0 Å². The quantitative estimate of drug-likeness (QED) is 0.751. The van der Waals surface area contributed by atoms with Crippen LogP contribution in [0.5, 0.6) is 0 Å². The molecule has 0 aliphatic heterocycles. The van der Waals surface area contributed by atoms with E-state index in [1.54, 1.807) is 0 Å². The van der Waals surface area contributed by atoms with Gasteiger partial charge in [0.15, 0.2) is 0 Å². The van der Waals surface area contributed by atoms with Gasteiger partial charge in [0.05, 0.1) is 5.52 Å². The van der Waals surface area contributed by atoms with E-state index in [4.69, 9.17) is 0 Å². The second-order valence-electron chi connectivity index (χ2n) is 4.18. The largest absolute Gasteiger partial charge is 0.256 e. The monoisotopic (exact) mass is 261 g/mol. The lowest BCUT2D eigenvalue weighted by atomic mass is 10.1. The molecule has 0 bridgehead atoms. The summed E-state index contributed by atoms with van der Waals surface area (Å²) in [5, 5.41) is 2.37. The summed E-state index contributed by atoms with van der Waals surface area (Å²) in [4.78, 5) is 4.50. The predicted octanol–water partition coefficient (Wildman–Crippen LogP) is 3.73. The first-order valence-corrected chi connectivity index (χ1v) is 6.42. The number of pyridine rings is 1. The Morgan fingerprint density at radius 3 is 2.93 bits per heavy atom. The third kappa shape index (κ3) is 1.57. The number of fused-ring (bicyclic) bond motifs is 1. The van der Waals surface area contributed by atoms with Crippen LogP contribution >= 0.6 is 15.9 Å². The van der Waals surface area contributed by atoms with Gasteiger partial charge < -0.3 is 0 Å². The Morgan fingerprint density at radius 1 is 1.27 bits per heavy atom. The van der Waals surface area contributed by atoms with E-state index in [2.05, 4.69) is 45.2 Å². The van der Waals surface area contributed by atoms with Crippen LogP contribution in [0.4, 0.5) is 0 Å². The lowest BCUT2D eigenvalue weighted by molar-refractivity contribution is 0.940. The molecule has 15 heavy (non-hydrogen) atoms. The number of rotatable bonds is 2. The zero-order valence-corrected chi connectivity index (χ0v) is 9.94. The van der Waals surface area contributed by atoms with Crippen molar-refractivity contribution >= 4 is 26.8 Å². The first-order valence-electron chi connectivity index (χ1n) is 5.30. The maximum Gasteiger partial charge on any atom is 0.0736 e. The molecule has 1 aliphatic carbocycles. The van der Waals surface area contributed by atoms with Gasteiger partial charge >= 0.3 is 0 Å². The maximum atomic E-state index is 4.50. The molecule has 1 aliphatic rings. The summed E-state index contributed by atoms with van der Waals surface area (Å²) in [6, 6.07) is 10.6. The molecule has 1 aromatic carbocycles. The normalized spacial score (nSPS) is 24.3. The summed E-state index contributed by atoms with van der Waals surface area (Å²) < 4.78 is 0. The summed E-state index contributed by atoms with van der Waals surface area (Å²) in [5.74, 6) is 1.54. The van der Waals surface area contributed by atoms with E-state index in [1.807, 2.05) is 12.3 Å². The molecule has 2 unspecified atom stereocenters. The summed E-state index contributed by atoms with van der Waals surface area (Å²) in [5.41, 5.74) is 2.62. The van der Waals surface area contributed by atoms with E-state index < -0.39 is 0 Å². The van der Waals surface area contributed by atoms with Gasteiger partial charge in [0.2, 0.25) is 0 Å². The van der Waals surface area contributed by atoms with E-state index >= 15 is 0 Å². The minimum atomic E-state index is 0.725. The van der Waals surface area contributed by atoms with E-state index in [1.165, 1.54) is 22.9 Å². The van der Waals surface area contributed by atoms with E-state index in [-0.39, 0.29) is 0 Å². The second kappa shape index (κ2) is 3.60. The van der Waals surface area contributed by atoms with Crippen LogP contribution in [-0.4, -0.2) is 10.3 Å². The van der Waals surface area contributed by atoms with E-state index in [0.717, 1.165) is 17.2 Å². The molecule has 0 radical (unpaired) electrons. The van der Waals surface area contributed by atoms with Gasteiger partial charge in [-0.25, -0.2) is 0 Å². The van der Waals surface area contributed by atoms with Gasteiger partial charge in [0, 0.05) is 16.9 Å². The van der Waals surface area contributed by atoms with Gasteiger partial charge in [-0.2, -0.15) is 0 Å². The van der Waals surface area contributed by atoms with Crippen LogP contribution in [0, 0.1) is 5.92 Å². The second-order valence-corrected chi connectivity index (χ2v) is 4.83. The number of hydrogen-bond acceptors (Lipinski definition) is 1. The first kappa shape index (κ1) is 9.34. The summed E-state index contributed by atoms with van der Waals surface area (Å²) in [7, 11) is 0. The molecule has 3 rings (SSSR count). The molecule has 2 atom stereocenters. The molecule has 1 aromatic heterocycles. The highest BCUT2D eigenvalue weighted by Gasteiger charge is 2.38. The lowest BCUT2D eigenvalue weighted by Crippen LogP contribution is -1.88. The Labute approximate surface area is 97.7 Å². The van der Waals surface area contributed by atoms with E-state index in [9.17, 15) is 0 Å². The number of hydrogen-bond donors (Lipinski definition) is 0. The molecule has 0 N–H and O–H groups in total. The van der Waals surface area contributed by atoms with Crippen molar-refractivity contribution in [1.29, 1.82) is 0 Å². The van der Waals surface area contributed by atoms with Crippen molar-refractivity contribution in [2.75, 3.05) is 5.33 Å². The van der Waals surface area contributed by atoms with Crippen molar-refractivity contribution in [2.24, 2.45) is 5.92 Å². The smallest absolute Gasteiger partial charge is 0.0736 e. The van der Waals surface area contributed by atoms with Gasteiger partial charge in [-0.15, -0.1) is 0 Å². The molecular formula is C13H12BrN. The molecule has 0 spiro atoms. The molecule has 0 amide bonds. The highest BCUT2D eigenvalue weighted by Crippen LogP contribution is 2.49. The standard InChI is InChI=1S/C13H12BrN/c14-8-10-7-12(10)11-5-1-3-9-4-2-6-15-13(9)11/h1-6,10,12H,7-8H2. The molecule has 1 nitrogen and oxygen atoms in total. The van der Waals surface area contributed by atoms with Crippen LogP contribution in [-0.2, 0) is 0 Å². The zero-order valence-electron chi connectivity index (χ0n) is 8.36. The summed E-state index contributed by atoms with van der Waals surface area (Å²) in [6.45, 7) is 0. The minimum Gasteiger partial charge on any atom is -0.256 e. The highest BCUT2D eigenvalue weighted by atomic mass is 79.9. The van der Waals surface area contributed by atoms with Crippen LogP contribution in [0.25, 0.3) is 10.9 Å². The van der Waals surface area contributed by atoms with E-state index in [0.29, 0.717) is 0 Å². The molecule has 0 saturated heterocycles. The number of alkyl halides is 1. The highest BCUT2D eigenvalue weighted by molar-refractivity contribution is 9.09. The Bertz CT molecular complexity index is 489. The topological polar surface area (TPSA) is 12.9 Å². The summed E-state index contributed by atoms with van der Waals surface area (Å²) >= 11 is 3.56. The van der Waals surface area contributed by atoms with Crippen LogP contribution < -0.4 is 0 Å². The SMILES string of the molecule is BrCC1CC1c1cccc2cccnc12. The number of aromatic nitrogens is 1. The Kier molecular flexibility index (Phi) is 2.24. The zero-order chi connectivity index (χ0) is 10.3. The fourth-order valence-electron chi connectivity index (χ4n) is 2.23. The van der Waals surface area contributed by atoms with Crippen molar-refractivity contribution in [3.63, 3.8) is 0 Å². The number of nitrogens with zero attached hydrogens (tertiary/aromatic N) is 1. The predicted molar refractivity (Wildman–Crippen MR) is 66.4 cm³/mol. The van der Waals surface area contributed by atoms with Crippen molar-refractivity contribution < 1.29 is 0 Å². The average molecular weight is 262 g/mol. The maximum absolute atomic E-state index is 4.50.